The van der Waals surface area contributed by atoms with E-state index in [1.165, 1.54) is 0 Å². The molecule has 2 aliphatic heterocycles. The summed E-state index contributed by atoms with van der Waals surface area (Å²) < 4.78 is 2.00. The van der Waals surface area contributed by atoms with Gasteiger partial charge in [0, 0.05) is 37.3 Å². The monoisotopic (exact) mass is 290 g/mol. The van der Waals surface area contributed by atoms with E-state index < -0.39 is 0 Å². The standard InChI is InChI=1S/C14H15ClN4O/c15-13-11-7-17-14(18(11)6-5-16-13)9-1-2-10-3-4-12(20)19(10)8-9/h5-7,9-10H,1-4,8H2/t9-,10+/m1/s1. The number of piperidine rings is 1. The van der Waals surface area contributed by atoms with Crippen molar-refractivity contribution in [3.05, 3.63) is 29.6 Å². The van der Waals surface area contributed by atoms with Crippen LogP contribution in [0.15, 0.2) is 18.6 Å². The summed E-state index contributed by atoms with van der Waals surface area (Å²) in [4.78, 5) is 22.5. The van der Waals surface area contributed by atoms with Crippen LogP contribution in [0.3, 0.4) is 0 Å². The fraction of sp³-hybridized carbons (Fsp3) is 0.500. The van der Waals surface area contributed by atoms with Crippen molar-refractivity contribution in [1.82, 2.24) is 19.3 Å². The van der Waals surface area contributed by atoms with Crippen LogP contribution in [0.5, 0.6) is 0 Å². The van der Waals surface area contributed by atoms with Crippen LogP contribution >= 0.6 is 11.6 Å². The summed E-state index contributed by atoms with van der Waals surface area (Å²) in [6.07, 6.45) is 9.22. The summed E-state index contributed by atoms with van der Waals surface area (Å²) in [6, 6.07) is 0.454. The summed E-state index contributed by atoms with van der Waals surface area (Å²) in [5.74, 6) is 1.57. The van der Waals surface area contributed by atoms with Gasteiger partial charge in [-0.15, -0.1) is 0 Å². The summed E-state index contributed by atoms with van der Waals surface area (Å²) >= 11 is 6.09. The molecule has 2 atom stereocenters. The number of imidazole rings is 1. The second-order valence-corrected chi connectivity index (χ2v) is 5.96. The van der Waals surface area contributed by atoms with Gasteiger partial charge < -0.3 is 4.90 Å². The Hall–Kier alpha value is -1.62. The van der Waals surface area contributed by atoms with E-state index in [9.17, 15) is 4.79 Å². The predicted octanol–water partition coefficient (Wildman–Crippen LogP) is 2.25. The smallest absolute Gasteiger partial charge is 0.222 e. The Bertz CT molecular complexity index is 683. The van der Waals surface area contributed by atoms with Crippen molar-refractivity contribution < 1.29 is 4.79 Å². The summed E-state index contributed by atoms with van der Waals surface area (Å²) in [6.45, 7) is 0.780. The van der Waals surface area contributed by atoms with Gasteiger partial charge in [0.1, 0.15) is 11.3 Å². The molecule has 0 aromatic carbocycles. The number of halogens is 1. The number of rotatable bonds is 1. The highest BCUT2D eigenvalue weighted by atomic mass is 35.5. The first-order chi connectivity index (χ1) is 9.74. The second-order valence-electron chi connectivity index (χ2n) is 5.60. The van der Waals surface area contributed by atoms with Crippen LogP contribution in [-0.2, 0) is 4.79 Å². The minimum absolute atomic E-state index is 0.286. The molecular weight excluding hydrogens is 276 g/mol. The first-order valence-electron chi connectivity index (χ1n) is 7.01. The molecule has 2 aliphatic rings. The number of carbonyl (C=O) groups excluding carboxylic acids is 1. The van der Waals surface area contributed by atoms with Gasteiger partial charge in [-0.3, -0.25) is 9.20 Å². The number of nitrogens with zero attached hydrogens (tertiary/aromatic N) is 4. The molecule has 0 radical (unpaired) electrons. The van der Waals surface area contributed by atoms with Crippen LogP contribution in [0.25, 0.3) is 5.52 Å². The normalized spacial score (nSPS) is 26.2. The Morgan fingerprint density at radius 2 is 2.15 bits per heavy atom. The van der Waals surface area contributed by atoms with Gasteiger partial charge in [-0.1, -0.05) is 11.6 Å². The van der Waals surface area contributed by atoms with Gasteiger partial charge in [0.05, 0.1) is 6.20 Å². The molecule has 0 saturated carbocycles. The lowest BCUT2D eigenvalue weighted by Crippen LogP contribution is -2.41. The van der Waals surface area contributed by atoms with Crippen LogP contribution in [0.2, 0.25) is 5.15 Å². The second kappa shape index (κ2) is 4.45. The molecule has 2 aromatic heterocycles. The van der Waals surface area contributed by atoms with Gasteiger partial charge >= 0.3 is 0 Å². The highest BCUT2D eigenvalue weighted by molar-refractivity contribution is 6.32. The van der Waals surface area contributed by atoms with Crippen molar-refractivity contribution in [2.75, 3.05) is 6.54 Å². The zero-order valence-corrected chi connectivity index (χ0v) is 11.8. The molecule has 0 unspecified atom stereocenters. The molecule has 20 heavy (non-hydrogen) atoms. The van der Waals surface area contributed by atoms with Crippen molar-refractivity contribution in [3.63, 3.8) is 0 Å². The van der Waals surface area contributed by atoms with E-state index in [4.69, 9.17) is 11.6 Å². The molecule has 4 heterocycles. The topological polar surface area (TPSA) is 50.5 Å². The summed E-state index contributed by atoms with van der Waals surface area (Å²) in [5.41, 5.74) is 0.832. The quantitative estimate of drug-likeness (QED) is 0.809. The first-order valence-corrected chi connectivity index (χ1v) is 7.39. The zero-order valence-electron chi connectivity index (χ0n) is 11.0. The van der Waals surface area contributed by atoms with E-state index in [-0.39, 0.29) is 5.92 Å². The van der Waals surface area contributed by atoms with Crippen molar-refractivity contribution in [2.24, 2.45) is 0 Å². The molecule has 0 N–H and O–H groups in total. The third-order valence-electron chi connectivity index (χ3n) is 4.52. The molecule has 0 aliphatic carbocycles. The van der Waals surface area contributed by atoms with Gasteiger partial charge in [-0.25, -0.2) is 9.97 Å². The molecule has 6 heteroatoms. The first kappa shape index (κ1) is 12.1. The van der Waals surface area contributed by atoms with Crippen LogP contribution in [0.1, 0.15) is 37.4 Å². The number of amides is 1. The average molecular weight is 291 g/mol. The maximum absolute atomic E-state index is 11.9. The van der Waals surface area contributed by atoms with E-state index in [1.807, 2.05) is 15.5 Å². The minimum Gasteiger partial charge on any atom is -0.339 e. The van der Waals surface area contributed by atoms with E-state index in [2.05, 4.69) is 9.97 Å². The Morgan fingerprint density at radius 3 is 3.05 bits per heavy atom. The van der Waals surface area contributed by atoms with Crippen molar-refractivity contribution in [3.8, 4) is 0 Å². The Balaban J connectivity index is 1.70. The Labute approximate surface area is 121 Å². The van der Waals surface area contributed by atoms with Crippen molar-refractivity contribution >= 4 is 23.0 Å². The van der Waals surface area contributed by atoms with E-state index in [0.717, 1.165) is 37.1 Å². The van der Waals surface area contributed by atoms with Gasteiger partial charge in [0.2, 0.25) is 5.91 Å². The fourth-order valence-corrected chi connectivity index (χ4v) is 3.69. The number of hydrogen-bond acceptors (Lipinski definition) is 3. The Morgan fingerprint density at radius 1 is 1.25 bits per heavy atom. The molecule has 1 amide bonds. The highest BCUT2D eigenvalue weighted by Crippen LogP contribution is 2.35. The van der Waals surface area contributed by atoms with E-state index in [0.29, 0.717) is 23.5 Å². The third kappa shape index (κ3) is 1.73. The molecule has 104 valence electrons. The molecule has 0 bridgehead atoms. The van der Waals surface area contributed by atoms with Crippen molar-refractivity contribution in [1.29, 1.82) is 0 Å². The minimum atomic E-state index is 0.286. The lowest BCUT2D eigenvalue weighted by Gasteiger charge is -2.34. The Kier molecular flexibility index (Phi) is 2.70. The van der Waals surface area contributed by atoms with Gasteiger partial charge in [-0.2, -0.15) is 0 Å². The van der Waals surface area contributed by atoms with Gasteiger partial charge in [0.15, 0.2) is 5.15 Å². The zero-order chi connectivity index (χ0) is 13.7. The van der Waals surface area contributed by atoms with E-state index >= 15 is 0 Å². The molecular formula is C14H15ClN4O. The predicted molar refractivity (Wildman–Crippen MR) is 74.7 cm³/mol. The van der Waals surface area contributed by atoms with Crippen LogP contribution in [-0.4, -0.2) is 37.8 Å². The summed E-state index contributed by atoms with van der Waals surface area (Å²) in [5, 5.41) is 0.470. The van der Waals surface area contributed by atoms with Crippen molar-refractivity contribution in [2.45, 2.75) is 37.6 Å². The average Bonchev–Trinajstić information content (AvgIpc) is 3.04. The number of fused-ring (bicyclic) bond motifs is 2. The van der Waals surface area contributed by atoms with Gasteiger partial charge in [0.25, 0.3) is 0 Å². The lowest BCUT2D eigenvalue weighted by molar-refractivity contribution is -0.130. The molecule has 2 aromatic rings. The number of aromatic nitrogens is 3. The summed E-state index contributed by atoms with van der Waals surface area (Å²) in [7, 11) is 0. The largest absolute Gasteiger partial charge is 0.339 e. The van der Waals surface area contributed by atoms with Crippen LogP contribution < -0.4 is 0 Å². The highest BCUT2D eigenvalue weighted by Gasteiger charge is 2.37. The van der Waals surface area contributed by atoms with E-state index in [1.54, 1.807) is 12.4 Å². The molecule has 5 nitrogen and oxygen atoms in total. The van der Waals surface area contributed by atoms with Crippen LogP contribution in [0, 0.1) is 0 Å². The number of carbonyl (C=O) groups is 1. The lowest BCUT2D eigenvalue weighted by atomic mass is 9.93. The van der Waals surface area contributed by atoms with Crippen LogP contribution in [0.4, 0.5) is 0 Å². The fourth-order valence-electron chi connectivity index (χ4n) is 3.50. The molecule has 0 spiro atoms. The maximum Gasteiger partial charge on any atom is 0.222 e. The SMILES string of the molecule is O=C1CC[C@@H]2CC[C@@H](c3ncc4c(Cl)nccn34)CN12. The maximum atomic E-state index is 11.9. The molecule has 4 rings (SSSR count). The van der Waals surface area contributed by atoms with Gasteiger partial charge in [-0.05, 0) is 19.3 Å². The third-order valence-corrected chi connectivity index (χ3v) is 4.81. The molecule has 2 fully saturated rings. The number of hydrogen-bond donors (Lipinski definition) is 0. The molecule has 2 saturated heterocycles.